The average molecular weight is 349 g/mol. The van der Waals surface area contributed by atoms with Gasteiger partial charge in [-0.15, -0.1) is 0 Å². The number of anilines is 1. The van der Waals surface area contributed by atoms with Gasteiger partial charge in [0.2, 0.25) is 0 Å². The first-order valence-corrected chi connectivity index (χ1v) is 6.74. The van der Waals surface area contributed by atoms with Gasteiger partial charge in [0.05, 0.1) is 5.02 Å². The molecular formula is C13H9BrCl2FN. The number of halogens is 4. The fraction of sp³-hybridized carbons (Fsp3) is 0.0769. The zero-order valence-corrected chi connectivity index (χ0v) is 12.3. The number of hydrogen-bond donors (Lipinski definition) is 1. The van der Waals surface area contributed by atoms with Gasteiger partial charge in [-0.1, -0.05) is 29.3 Å². The molecule has 1 N–H and O–H groups in total. The fourth-order valence-electron chi connectivity index (χ4n) is 1.48. The molecule has 0 spiro atoms. The molecule has 0 bridgehead atoms. The van der Waals surface area contributed by atoms with E-state index in [1.807, 2.05) is 12.1 Å². The minimum absolute atomic E-state index is 0.129. The molecule has 2 aromatic rings. The number of rotatable bonds is 3. The van der Waals surface area contributed by atoms with Crippen molar-refractivity contribution >= 4 is 44.8 Å². The summed E-state index contributed by atoms with van der Waals surface area (Å²) in [6.45, 7) is 0.556. The molecule has 2 aromatic carbocycles. The van der Waals surface area contributed by atoms with Crippen LogP contribution in [0.3, 0.4) is 0 Å². The van der Waals surface area contributed by atoms with Gasteiger partial charge in [-0.2, -0.15) is 0 Å². The normalized spacial score (nSPS) is 10.4. The summed E-state index contributed by atoms with van der Waals surface area (Å²) in [5.74, 6) is -0.409. The molecule has 0 fully saturated rings. The van der Waals surface area contributed by atoms with E-state index in [1.165, 1.54) is 6.07 Å². The van der Waals surface area contributed by atoms with Crippen molar-refractivity contribution in [1.82, 2.24) is 0 Å². The Morgan fingerprint density at radius 2 is 1.89 bits per heavy atom. The summed E-state index contributed by atoms with van der Waals surface area (Å²) >= 11 is 15.0. The van der Waals surface area contributed by atoms with Crippen molar-refractivity contribution < 1.29 is 4.39 Å². The van der Waals surface area contributed by atoms with E-state index in [2.05, 4.69) is 21.2 Å². The maximum Gasteiger partial charge on any atom is 0.141 e. The SMILES string of the molecule is Fc1ccc(CNc2ccc(Cl)cc2Br)cc1Cl. The first kappa shape index (κ1) is 13.7. The van der Waals surface area contributed by atoms with Crippen LogP contribution in [0.2, 0.25) is 10.0 Å². The van der Waals surface area contributed by atoms with Gasteiger partial charge in [-0.25, -0.2) is 4.39 Å². The van der Waals surface area contributed by atoms with E-state index >= 15 is 0 Å². The van der Waals surface area contributed by atoms with Crippen LogP contribution in [0.15, 0.2) is 40.9 Å². The third-order valence-corrected chi connectivity index (χ3v) is 3.58. The number of benzene rings is 2. The Bertz CT molecular complexity index is 575. The van der Waals surface area contributed by atoms with Crippen LogP contribution in [0.5, 0.6) is 0 Å². The smallest absolute Gasteiger partial charge is 0.141 e. The van der Waals surface area contributed by atoms with Crippen molar-refractivity contribution in [3.63, 3.8) is 0 Å². The van der Waals surface area contributed by atoms with E-state index in [-0.39, 0.29) is 5.02 Å². The molecule has 0 unspecified atom stereocenters. The van der Waals surface area contributed by atoms with Crippen LogP contribution in [-0.2, 0) is 6.54 Å². The molecule has 0 radical (unpaired) electrons. The highest BCUT2D eigenvalue weighted by atomic mass is 79.9. The molecule has 0 aliphatic rings. The van der Waals surface area contributed by atoms with Gasteiger partial charge in [-0.3, -0.25) is 0 Å². The van der Waals surface area contributed by atoms with Gasteiger partial charge in [0.15, 0.2) is 0 Å². The van der Waals surface area contributed by atoms with E-state index in [4.69, 9.17) is 23.2 Å². The summed E-state index contributed by atoms with van der Waals surface area (Å²) in [5, 5.41) is 4.01. The van der Waals surface area contributed by atoms with Crippen LogP contribution < -0.4 is 5.32 Å². The lowest BCUT2D eigenvalue weighted by molar-refractivity contribution is 0.627. The first-order chi connectivity index (χ1) is 8.56. The number of nitrogens with one attached hydrogen (secondary N) is 1. The Kier molecular flexibility index (Phi) is 4.49. The van der Waals surface area contributed by atoms with Gasteiger partial charge in [-0.05, 0) is 51.8 Å². The summed E-state index contributed by atoms with van der Waals surface area (Å²) < 4.78 is 13.9. The molecule has 0 aromatic heterocycles. The molecule has 94 valence electrons. The maximum absolute atomic E-state index is 13.0. The van der Waals surface area contributed by atoms with Crippen molar-refractivity contribution in [3.8, 4) is 0 Å². The van der Waals surface area contributed by atoms with Crippen LogP contribution in [-0.4, -0.2) is 0 Å². The zero-order valence-electron chi connectivity index (χ0n) is 9.18. The van der Waals surface area contributed by atoms with Crippen LogP contribution in [0.1, 0.15) is 5.56 Å². The molecule has 18 heavy (non-hydrogen) atoms. The van der Waals surface area contributed by atoms with Crippen LogP contribution in [0, 0.1) is 5.82 Å². The van der Waals surface area contributed by atoms with Crippen LogP contribution >= 0.6 is 39.1 Å². The fourth-order valence-corrected chi connectivity index (χ4v) is 2.51. The minimum atomic E-state index is -0.409. The molecular weight excluding hydrogens is 340 g/mol. The Hall–Kier alpha value is -0.770. The second kappa shape index (κ2) is 5.91. The Labute approximate surface area is 123 Å². The molecule has 0 aliphatic heterocycles. The van der Waals surface area contributed by atoms with E-state index < -0.39 is 5.82 Å². The second-order valence-electron chi connectivity index (χ2n) is 3.73. The quantitative estimate of drug-likeness (QED) is 0.771. The Balaban J connectivity index is 2.09. The molecule has 5 heteroatoms. The molecule has 1 nitrogen and oxygen atoms in total. The lowest BCUT2D eigenvalue weighted by atomic mass is 10.2. The highest BCUT2D eigenvalue weighted by Gasteiger charge is 2.03. The summed E-state index contributed by atoms with van der Waals surface area (Å²) in [6.07, 6.45) is 0. The summed E-state index contributed by atoms with van der Waals surface area (Å²) in [7, 11) is 0. The summed E-state index contributed by atoms with van der Waals surface area (Å²) in [5.41, 5.74) is 1.82. The Morgan fingerprint density at radius 3 is 2.56 bits per heavy atom. The highest BCUT2D eigenvalue weighted by molar-refractivity contribution is 9.10. The average Bonchev–Trinajstić information content (AvgIpc) is 2.32. The summed E-state index contributed by atoms with van der Waals surface area (Å²) in [6, 6.07) is 10.1. The minimum Gasteiger partial charge on any atom is -0.380 e. The van der Waals surface area contributed by atoms with Gasteiger partial charge in [0, 0.05) is 21.7 Å². The molecule has 0 saturated heterocycles. The molecule has 0 amide bonds. The first-order valence-electron chi connectivity index (χ1n) is 5.19. The standard InChI is InChI=1S/C13H9BrCl2FN/c14-10-6-9(15)2-4-13(10)18-7-8-1-3-12(17)11(16)5-8/h1-6,18H,7H2. The van der Waals surface area contributed by atoms with Crippen LogP contribution in [0.25, 0.3) is 0 Å². The second-order valence-corrected chi connectivity index (χ2v) is 5.42. The molecule has 0 atom stereocenters. The zero-order chi connectivity index (χ0) is 13.1. The lowest BCUT2D eigenvalue weighted by Crippen LogP contribution is -2.00. The molecule has 0 saturated carbocycles. The van der Waals surface area contributed by atoms with E-state index in [0.29, 0.717) is 11.6 Å². The monoisotopic (exact) mass is 347 g/mol. The van der Waals surface area contributed by atoms with Gasteiger partial charge in [0.1, 0.15) is 5.82 Å². The third-order valence-electron chi connectivity index (χ3n) is 2.40. The van der Waals surface area contributed by atoms with E-state index in [9.17, 15) is 4.39 Å². The predicted octanol–water partition coefficient (Wildman–Crippen LogP) is 5.51. The molecule has 2 rings (SSSR count). The van der Waals surface area contributed by atoms with Gasteiger partial charge < -0.3 is 5.32 Å². The third kappa shape index (κ3) is 3.37. The predicted molar refractivity (Wildman–Crippen MR) is 77.9 cm³/mol. The Morgan fingerprint density at radius 1 is 1.11 bits per heavy atom. The lowest BCUT2D eigenvalue weighted by Gasteiger charge is -2.09. The molecule has 0 aliphatic carbocycles. The van der Waals surface area contributed by atoms with Crippen molar-refractivity contribution in [3.05, 3.63) is 62.3 Å². The highest BCUT2D eigenvalue weighted by Crippen LogP contribution is 2.26. The molecule has 0 heterocycles. The van der Waals surface area contributed by atoms with E-state index in [0.717, 1.165) is 15.7 Å². The van der Waals surface area contributed by atoms with Crippen molar-refractivity contribution in [2.75, 3.05) is 5.32 Å². The van der Waals surface area contributed by atoms with Crippen molar-refractivity contribution in [1.29, 1.82) is 0 Å². The van der Waals surface area contributed by atoms with Crippen molar-refractivity contribution in [2.24, 2.45) is 0 Å². The van der Waals surface area contributed by atoms with Crippen molar-refractivity contribution in [2.45, 2.75) is 6.54 Å². The van der Waals surface area contributed by atoms with Gasteiger partial charge >= 0.3 is 0 Å². The van der Waals surface area contributed by atoms with Gasteiger partial charge in [0.25, 0.3) is 0 Å². The topological polar surface area (TPSA) is 12.0 Å². The van der Waals surface area contributed by atoms with Crippen LogP contribution in [0.4, 0.5) is 10.1 Å². The summed E-state index contributed by atoms with van der Waals surface area (Å²) in [4.78, 5) is 0. The van der Waals surface area contributed by atoms with E-state index in [1.54, 1.807) is 18.2 Å². The largest absolute Gasteiger partial charge is 0.380 e. The maximum atomic E-state index is 13.0. The number of hydrogen-bond acceptors (Lipinski definition) is 1.